The summed E-state index contributed by atoms with van der Waals surface area (Å²) in [5, 5.41) is 0. The second-order valence-corrected chi connectivity index (χ2v) is 5.30. The van der Waals surface area contributed by atoms with Crippen LogP contribution in [0, 0.1) is 5.41 Å². The summed E-state index contributed by atoms with van der Waals surface area (Å²) in [7, 11) is 1.84. The smallest absolute Gasteiger partial charge is 0.222 e. The third kappa shape index (κ3) is 8.51. The van der Waals surface area contributed by atoms with Crippen LogP contribution in [0.25, 0.3) is 0 Å². The van der Waals surface area contributed by atoms with Crippen LogP contribution in [0.4, 0.5) is 0 Å². The first-order chi connectivity index (χ1) is 7.43. The Hall–Kier alpha value is -0.790. The van der Waals surface area contributed by atoms with E-state index in [-0.39, 0.29) is 11.3 Å². The van der Waals surface area contributed by atoms with Crippen LogP contribution in [0.5, 0.6) is 0 Å². The standard InChI is InChI=1S/C11H21NO.C3H6/c1-6-8-11(3,4)9-10(13)12(5)7-2;1-2-3-1/h6H,1,7-9H2,2-5H3;1-3H2. The van der Waals surface area contributed by atoms with Gasteiger partial charge in [-0.25, -0.2) is 0 Å². The van der Waals surface area contributed by atoms with Crippen molar-refractivity contribution in [2.24, 2.45) is 5.41 Å². The van der Waals surface area contributed by atoms with Crippen LogP contribution in [0.2, 0.25) is 0 Å². The van der Waals surface area contributed by atoms with E-state index in [0.29, 0.717) is 6.42 Å². The van der Waals surface area contributed by atoms with Crippen LogP contribution >= 0.6 is 0 Å². The normalized spacial score (nSPS) is 13.5. The van der Waals surface area contributed by atoms with Gasteiger partial charge in [-0.05, 0) is 18.8 Å². The average molecular weight is 225 g/mol. The maximum Gasteiger partial charge on any atom is 0.222 e. The number of hydrogen-bond donors (Lipinski definition) is 0. The van der Waals surface area contributed by atoms with Gasteiger partial charge < -0.3 is 4.90 Å². The van der Waals surface area contributed by atoms with Gasteiger partial charge in [-0.1, -0.05) is 39.2 Å². The topological polar surface area (TPSA) is 20.3 Å². The summed E-state index contributed by atoms with van der Waals surface area (Å²) in [6.45, 7) is 10.6. The molecule has 1 saturated carbocycles. The fourth-order valence-electron chi connectivity index (χ4n) is 1.18. The van der Waals surface area contributed by atoms with Gasteiger partial charge in [0.15, 0.2) is 0 Å². The van der Waals surface area contributed by atoms with Gasteiger partial charge in [-0.15, -0.1) is 6.58 Å². The Labute approximate surface area is 101 Å². The van der Waals surface area contributed by atoms with E-state index in [0.717, 1.165) is 13.0 Å². The maximum atomic E-state index is 11.6. The molecule has 0 atom stereocenters. The van der Waals surface area contributed by atoms with Gasteiger partial charge in [-0.3, -0.25) is 4.79 Å². The van der Waals surface area contributed by atoms with E-state index >= 15 is 0 Å². The van der Waals surface area contributed by atoms with Crippen LogP contribution in [0.15, 0.2) is 12.7 Å². The zero-order chi connectivity index (χ0) is 12.6. The molecule has 0 aliphatic heterocycles. The van der Waals surface area contributed by atoms with Gasteiger partial charge in [0, 0.05) is 20.0 Å². The third-order valence-electron chi connectivity index (χ3n) is 2.58. The fourth-order valence-corrected chi connectivity index (χ4v) is 1.18. The van der Waals surface area contributed by atoms with Crippen molar-refractivity contribution in [3.8, 4) is 0 Å². The molecule has 94 valence electrons. The lowest BCUT2D eigenvalue weighted by molar-refractivity contribution is -0.131. The molecule has 16 heavy (non-hydrogen) atoms. The van der Waals surface area contributed by atoms with Crippen molar-refractivity contribution >= 4 is 5.91 Å². The predicted molar refractivity (Wildman–Crippen MR) is 70.4 cm³/mol. The lowest BCUT2D eigenvalue weighted by Crippen LogP contribution is -2.30. The second kappa shape index (κ2) is 7.48. The number of rotatable bonds is 5. The molecule has 0 radical (unpaired) electrons. The lowest BCUT2D eigenvalue weighted by atomic mass is 9.85. The maximum absolute atomic E-state index is 11.6. The molecule has 1 fully saturated rings. The first kappa shape index (κ1) is 15.2. The summed E-state index contributed by atoms with van der Waals surface area (Å²) in [4.78, 5) is 13.3. The van der Waals surface area contributed by atoms with E-state index in [1.54, 1.807) is 4.90 Å². The van der Waals surface area contributed by atoms with Crippen LogP contribution in [0.3, 0.4) is 0 Å². The number of carbonyl (C=O) groups excluding carboxylic acids is 1. The van der Waals surface area contributed by atoms with Crippen LogP contribution in [0.1, 0.15) is 52.9 Å². The zero-order valence-electron chi connectivity index (χ0n) is 11.4. The molecule has 1 rings (SSSR count). The van der Waals surface area contributed by atoms with Crippen molar-refractivity contribution in [2.45, 2.75) is 52.9 Å². The van der Waals surface area contributed by atoms with Crippen molar-refractivity contribution < 1.29 is 4.79 Å². The van der Waals surface area contributed by atoms with Gasteiger partial charge in [-0.2, -0.15) is 0 Å². The second-order valence-electron chi connectivity index (χ2n) is 5.30. The van der Waals surface area contributed by atoms with E-state index < -0.39 is 0 Å². The average Bonchev–Trinajstić information content (AvgIpc) is 3.02. The summed E-state index contributed by atoms with van der Waals surface area (Å²) in [6.07, 6.45) is 7.86. The van der Waals surface area contributed by atoms with Gasteiger partial charge in [0.25, 0.3) is 0 Å². The minimum Gasteiger partial charge on any atom is -0.346 e. The molecule has 0 aromatic rings. The van der Waals surface area contributed by atoms with Crippen LogP contribution in [-0.2, 0) is 4.79 Å². The van der Waals surface area contributed by atoms with E-state index in [1.807, 2.05) is 20.0 Å². The minimum atomic E-state index is 0.0439. The number of nitrogens with zero attached hydrogens (tertiary/aromatic N) is 1. The van der Waals surface area contributed by atoms with E-state index in [2.05, 4.69) is 20.4 Å². The number of amides is 1. The molecule has 0 heterocycles. The van der Waals surface area contributed by atoms with Crippen molar-refractivity contribution in [1.29, 1.82) is 0 Å². The highest BCUT2D eigenvalue weighted by Crippen LogP contribution is 2.25. The molecule has 1 aliphatic carbocycles. The highest BCUT2D eigenvalue weighted by Gasteiger charge is 2.21. The number of hydrogen-bond acceptors (Lipinski definition) is 1. The largest absolute Gasteiger partial charge is 0.346 e. The molecule has 0 unspecified atom stereocenters. The summed E-state index contributed by atoms with van der Waals surface area (Å²) < 4.78 is 0. The summed E-state index contributed by atoms with van der Waals surface area (Å²) in [5.41, 5.74) is 0.0439. The van der Waals surface area contributed by atoms with Crippen molar-refractivity contribution in [2.75, 3.05) is 13.6 Å². The lowest BCUT2D eigenvalue weighted by Gasteiger charge is -2.25. The molecule has 2 heteroatoms. The Bertz CT molecular complexity index is 216. The van der Waals surface area contributed by atoms with Crippen molar-refractivity contribution in [1.82, 2.24) is 4.90 Å². The molecule has 1 aliphatic rings. The van der Waals surface area contributed by atoms with Gasteiger partial charge >= 0.3 is 0 Å². The fraction of sp³-hybridized carbons (Fsp3) is 0.786. The number of allylic oxidation sites excluding steroid dienone is 1. The van der Waals surface area contributed by atoms with Crippen LogP contribution < -0.4 is 0 Å². The Balaban J connectivity index is 0.000000635. The summed E-state index contributed by atoms with van der Waals surface area (Å²) in [6, 6.07) is 0. The highest BCUT2D eigenvalue weighted by atomic mass is 16.2. The zero-order valence-corrected chi connectivity index (χ0v) is 11.4. The van der Waals surface area contributed by atoms with Crippen molar-refractivity contribution in [3.05, 3.63) is 12.7 Å². The highest BCUT2D eigenvalue weighted by molar-refractivity contribution is 5.76. The van der Waals surface area contributed by atoms with E-state index in [1.165, 1.54) is 19.3 Å². The van der Waals surface area contributed by atoms with Crippen molar-refractivity contribution in [3.63, 3.8) is 0 Å². The van der Waals surface area contributed by atoms with Gasteiger partial charge in [0.2, 0.25) is 5.91 Å². The first-order valence-electron chi connectivity index (χ1n) is 6.28. The van der Waals surface area contributed by atoms with Gasteiger partial charge in [0.05, 0.1) is 0 Å². The molecule has 2 nitrogen and oxygen atoms in total. The van der Waals surface area contributed by atoms with Gasteiger partial charge in [0.1, 0.15) is 0 Å². The van der Waals surface area contributed by atoms with Crippen LogP contribution in [-0.4, -0.2) is 24.4 Å². The molecule has 0 aromatic carbocycles. The minimum absolute atomic E-state index is 0.0439. The quantitative estimate of drug-likeness (QED) is 0.654. The Morgan fingerprint density at radius 2 is 1.88 bits per heavy atom. The predicted octanol–water partition coefficient (Wildman–Crippen LogP) is 3.63. The molecule has 0 spiro atoms. The number of carbonyl (C=O) groups is 1. The van der Waals surface area contributed by atoms with E-state index in [9.17, 15) is 4.79 Å². The molecular weight excluding hydrogens is 198 g/mol. The molecular formula is C14H27NO. The molecule has 1 amide bonds. The Morgan fingerprint density at radius 3 is 2.19 bits per heavy atom. The summed E-state index contributed by atoms with van der Waals surface area (Å²) in [5.74, 6) is 0.217. The molecule has 0 bridgehead atoms. The monoisotopic (exact) mass is 225 g/mol. The third-order valence-corrected chi connectivity index (χ3v) is 2.58. The first-order valence-corrected chi connectivity index (χ1v) is 6.28. The molecule has 0 aromatic heterocycles. The Kier molecular flexibility index (Phi) is 7.11. The summed E-state index contributed by atoms with van der Waals surface area (Å²) >= 11 is 0. The Morgan fingerprint density at radius 1 is 1.38 bits per heavy atom. The SMILES string of the molecule is C1CC1.C=CCC(C)(C)CC(=O)N(C)CC. The van der Waals surface area contributed by atoms with E-state index in [4.69, 9.17) is 0 Å². The molecule has 0 saturated heterocycles. The molecule has 0 N–H and O–H groups in total.